The number of carbonyl (C=O) groups is 1. The fraction of sp³-hybridized carbons (Fsp3) is 0.643. The third-order valence-corrected chi connectivity index (χ3v) is 3.63. The number of aliphatic imine (C=N–C) groups is 1. The topological polar surface area (TPSA) is 75.6 Å². The zero-order chi connectivity index (χ0) is 15.7. The van der Waals surface area contributed by atoms with Crippen molar-refractivity contribution in [1.29, 1.82) is 0 Å². The molecule has 1 atom stereocenters. The summed E-state index contributed by atoms with van der Waals surface area (Å²) in [5.74, 6) is 0.222. The first kappa shape index (κ1) is 21.1. The molecule has 0 aromatic carbocycles. The lowest BCUT2D eigenvalue weighted by molar-refractivity contribution is -0.144. The van der Waals surface area contributed by atoms with Crippen molar-refractivity contribution in [3.63, 3.8) is 0 Å². The zero-order valence-corrected chi connectivity index (χ0v) is 16.7. The molecule has 126 valence electrons. The molecule has 1 rings (SSSR count). The molecule has 0 spiro atoms. The highest BCUT2D eigenvalue weighted by Crippen LogP contribution is 2.07. The first-order valence-corrected chi connectivity index (χ1v) is 7.95. The first-order chi connectivity index (χ1) is 10.1. The van der Waals surface area contributed by atoms with Crippen molar-refractivity contribution in [3.8, 4) is 0 Å². The molecule has 6 nitrogen and oxygen atoms in total. The minimum atomic E-state index is -0.244. The van der Waals surface area contributed by atoms with Crippen LogP contribution in [-0.4, -0.2) is 43.7 Å². The van der Waals surface area contributed by atoms with E-state index in [-0.39, 0.29) is 35.9 Å². The van der Waals surface area contributed by atoms with Crippen molar-refractivity contribution in [2.45, 2.75) is 27.2 Å². The average Bonchev–Trinajstić information content (AvgIpc) is 2.89. The lowest BCUT2D eigenvalue weighted by Crippen LogP contribution is -2.39. The zero-order valence-electron chi connectivity index (χ0n) is 13.5. The number of carbonyl (C=O) groups excluding carboxylic acids is 1. The highest BCUT2D eigenvalue weighted by atomic mass is 127. The fourth-order valence-corrected chi connectivity index (χ4v) is 2.32. The Morgan fingerprint density at radius 1 is 1.50 bits per heavy atom. The Morgan fingerprint density at radius 2 is 2.23 bits per heavy atom. The summed E-state index contributed by atoms with van der Waals surface area (Å²) >= 11 is 1.66. The molecule has 0 bridgehead atoms. The summed E-state index contributed by atoms with van der Waals surface area (Å²) in [4.78, 5) is 20.2. The van der Waals surface area contributed by atoms with E-state index in [0.717, 1.165) is 30.2 Å². The number of methoxy groups -OCH3 is 1. The molecule has 0 aliphatic heterocycles. The van der Waals surface area contributed by atoms with Gasteiger partial charge in [-0.15, -0.1) is 35.3 Å². The predicted octanol–water partition coefficient (Wildman–Crippen LogP) is 1.98. The molecule has 0 amide bonds. The van der Waals surface area contributed by atoms with E-state index in [1.165, 1.54) is 7.11 Å². The molecule has 0 saturated carbocycles. The monoisotopic (exact) mass is 440 g/mol. The van der Waals surface area contributed by atoms with E-state index >= 15 is 0 Å². The Kier molecular flexibility index (Phi) is 11.2. The lowest BCUT2D eigenvalue weighted by Gasteiger charge is -2.12. The molecule has 22 heavy (non-hydrogen) atoms. The lowest BCUT2D eigenvalue weighted by atomic mass is 10.2. The van der Waals surface area contributed by atoms with E-state index in [1.54, 1.807) is 18.3 Å². The van der Waals surface area contributed by atoms with E-state index in [0.29, 0.717) is 12.5 Å². The van der Waals surface area contributed by atoms with Crippen molar-refractivity contribution < 1.29 is 9.53 Å². The van der Waals surface area contributed by atoms with Crippen LogP contribution in [0.4, 0.5) is 0 Å². The van der Waals surface area contributed by atoms with Gasteiger partial charge in [0.15, 0.2) is 5.96 Å². The van der Waals surface area contributed by atoms with Gasteiger partial charge in [0.1, 0.15) is 0 Å². The molecule has 1 unspecified atom stereocenters. The third kappa shape index (κ3) is 7.92. The largest absolute Gasteiger partial charge is 0.469 e. The molecule has 0 aliphatic rings. The molecular weight excluding hydrogens is 415 g/mol. The van der Waals surface area contributed by atoms with Gasteiger partial charge in [-0.05, 0) is 13.8 Å². The van der Waals surface area contributed by atoms with E-state index < -0.39 is 0 Å². The Balaban J connectivity index is 0.00000441. The summed E-state index contributed by atoms with van der Waals surface area (Å²) in [6, 6.07) is 0. The standard InChI is InChI=1S/C14H24N4O2S.HI/c1-5-15-14(17-8-10(2)13(19)20-4)16-7-6-12-9-21-11(3)18-12;/h9-10H,5-8H2,1-4H3,(H2,15,16,17);1H. The SMILES string of the molecule is CCNC(=NCC(C)C(=O)OC)NCCc1csc(C)n1.I. The molecule has 1 heterocycles. The van der Waals surface area contributed by atoms with Gasteiger partial charge in [0.05, 0.1) is 30.3 Å². The highest BCUT2D eigenvalue weighted by Gasteiger charge is 2.12. The van der Waals surface area contributed by atoms with E-state index in [1.807, 2.05) is 13.8 Å². The van der Waals surface area contributed by atoms with Crippen LogP contribution in [0.1, 0.15) is 24.5 Å². The number of aromatic nitrogens is 1. The number of nitrogens with one attached hydrogen (secondary N) is 2. The van der Waals surface area contributed by atoms with Gasteiger partial charge in [0.25, 0.3) is 0 Å². The van der Waals surface area contributed by atoms with Crippen LogP contribution in [0.15, 0.2) is 10.4 Å². The van der Waals surface area contributed by atoms with Gasteiger partial charge in [0.2, 0.25) is 0 Å². The van der Waals surface area contributed by atoms with Crippen molar-refractivity contribution in [2.24, 2.45) is 10.9 Å². The Hall–Kier alpha value is -0.900. The summed E-state index contributed by atoms with van der Waals surface area (Å²) in [6.07, 6.45) is 0.849. The summed E-state index contributed by atoms with van der Waals surface area (Å²) in [6.45, 7) is 7.73. The minimum Gasteiger partial charge on any atom is -0.469 e. The maximum Gasteiger partial charge on any atom is 0.310 e. The number of halogens is 1. The van der Waals surface area contributed by atoms with Crippen molar-refractivity contribution in [3.05, 3.63) is 16.1 Å². The molecule has 8 heteroatoms. The van der Waals surface area contributed by atoms with Gasteiger partial charge in [-0.25, -0.2) is 4.98 Å². The summed E-state index contributed by atoms with van der Waals surface area (Å²) in [7, 11) is 1.39. The van der Waals surface area contributed by atoms with Crippen LogP contribution in [-0.2, 0) is 16.0 Å². The maximum absolute atomic E-state index is 11.3. The second-order valence-corrected chi connectivity index (χ2v) is 5.74. The number of guanidine groups is 1. The number of ether oxygens (including phenoxy) is 1. The van der Waals surface area contributed by atoms with Gasteiger partial charge in [0, 0.05) is 24.9 Å². The first-order valence-electron chi connectivity index (χ1n) is 7.07. The fourth-order valence-electron chi connectivity index (χ4n) is 1.68. The molecule has 0 fully saturated rings. The van der Waals surface area contributed by atoms with Crippen LogP contribution in [0, 0.1) is 12.8 Å². The number of hydrogen-bond donors (Lipinski definition) is 2. The summed E-state index contributed by atoms with van der Waals surface area (Å²) < 4.78 is 4.69. The van der Waals surface area contributed by atoms with Gasteiger partial charge in [-0.2, -0.15) is 0 Å². The quantitative estimate of drug-likeness (QED) is 0.294. The Bertz CT molecular complexity index is 479. The third-order valence-electron chi connectivity index (χ3n) is 2.81. The van der Waals surface area contributed by atoms with Crippen LogP contribution in [0.3, 0.4) is 0 Å². The number of thiazole rings is 1. The maximum atomic E-state index is 11.3. The molecule has 0 radical (unpaired) electrons. The van der Waals surface area contributed by atoms with Crippen LogP contribution in [0.25, 0.3) is 0 Å². The van der Waals surface area contributed by atoms with Crippen LogP contribution in [0.2, 0.25) is 0 Å². The summed E-state index contributed by atoms with van der Waals surface area (Å²) in [5, 5.41) is 9.55. The number of nitrogens with zero attached hydrogens (tertiary/aromatic N) is 2. The smallest absolute Gasteiger partial charge is 0.310 e. The Morgan fingerprint density at radius 3 is 2.77 bits per heavy atom. The molecular formula is C14H25IN4O2S. The Labute approximate surface area is 153 Å². The van der Waals surface area contributed by atoms with Crippen LogP contribution >= 0.6 is 35.3 Å². The molecule has 0 aliphatic carbocycles. The van der Waals surface area contributed by atoms with Crippen molar-refractivity contribution >= 4 is 47.2 Å². The normalized spacial score (nSPS) is 12.3. The van der Waals surface area contributed by atoms with E-state index in [4.69, 9.17) is 0 Å². The minimum absolute atomic E-state index is 0. The number of aryl methyl sites for hydroxylation is 1. The van der Waals surface area contributed by atoms with E-state index in [9.17, 15) is 4.79 Å². The van der Waals surface area contributed by atoms with Crippen LogP contribution < -0.4 is 10.6 Å². The summed E-state index contributed by atoms with van der Waals surface area (Å²) in [5.41, 5.74) is 1.09. The number of hydrogen-bond acceptors (Lipinski definition) is 5. The molecule has 1 aromatic heterocycles. The van der Waals surface area contributed by atoms with Gasteiger partial charge < -0.3 is 15.4 Å². The molecule has 0 saturated heterocycles. The number of esters is 1. The number of rotatable bonds is 7. The van der Waals surface area contributed by atoms with Crippen molar-refractivity contribution in [1.82, 2.24) is 15.6 Å². The van der Waals surface area contributed by atoms with Gasteiger partial charge >= 0.3 is 5.97 Å². The highest BCUT2D eigenvalue weighted by molar-refractivity contribution is 14.0. The van der Waals surface area contributed by atoms with E-state index in [2.05, 4.69) is 30.7 Å². The van der Waals surface area contributed by atoms with Gasteiger partial charge in [-0.3, -0.25) is 9.79 Å². The second kappa shape index (κ2) is 11.6. The van der Waals surface area contributed by atoms with Gasteiger partial charge in [-0.1, -0.05) is 6.92 Å². The molecule has 1 aromatic rings. The molecule has 2 N–H and O–H groups in total. The average molecular weight is 440 g/mol. The predicted molar refractivity (Wildman–Crippen MR) is 101 cm³/mol. The second-order valence-electron chi connectivity index (χ2n) is 4.68. The van der Waals surface area contributed by atoms with Crippen LogP contribution in [0.5, 0.6) is 0 Å². The van der Waals surface area contributed by atoms with Crippen molar-refractivity contribution in [2.75, 3.05) is 26.7 Å².